The van der Waals surface area contributed by atoms with E-state index in [-0.39, 0.29) is 18.6 Å². The highest BCUT2D eigenvalue weighted by atomic mass is 32.1. The summed E-state index contributed by atoms with van der Waals surface area (Å²) in [6, 6.07) is 11.5. The van der Waals surface area contributed by atoms with E-state index < -0.39 is 5.97 Å². The zero-order valence-electron chi connectivity index (χ0n) is 18.0. The third kappa shape index (κ3) is 6.53. The first kappa shape index (κ1) is 23.2. The maximum atomic E-state index is 12.8. The molecular weight excluding hydrogens is 432 g/mol. The number of amides is 1. The van der Waals surface area contributed by atoms with Crippen LogP contribution >= 0.6 is 11.3 Å². The molecule has 8 nitrogen and oxygen atoms in total. The minimum atomic E-state index is -0.438. The fraction of sp³-hybridized carbons (Fsp3) is 0.261. The van der Waals surface area contributed by atoms with Crippen LogP contribution < -0.4 is 14.8 Å². The molecule has 1 amide bonds. The molecule has 1 aromatic heterocycles. The number of nitrogens with one attached hydrogen (secondary N) is 1. The zero-order valence-corrected chi connectivity index (χ0v) is 18.8. The first-order chi connectivity index (χ1) is 15.5. The Balaban J connectivity index is 1.87. The first-order valence-electron chi connectivity index (χ1n) is 9.95. The molecule has 0 aliphatic heterocycles. The highest BCUT2D eigenvalue weighted by Crippen LogP contribution is 2.29. The SMILES string of the molecule is CCOC(=O)c1cccc(Oc2cc(OC(C)COC)cc(C(=O)Nc3nccs3)c2)c1. The lowest BCUT2D eigenvalue weighted by molar-refractivity contribution is 0.0526. The average Bonchev–Trinajstić information content (AvgIpc) is 3.27. The molecule has 0 spiro atoms. The lowest BCUT2D eigenvalue weighted by atomic mass is 10.1. The molecule has 0 aliphatic carbocycles. The van der Waals surface area contributed by atoms with Crippen molar-refractivity contribution in [2.45, 2.75) is 20.0 Å². The fourth-order valence-electron chi connectivity index (χ4n) is 2.82. The number of nitrogens with zero attached hydrogens (tertiary/aromatic N) is 1. The van der Waals surface area contributed by atoms with Gasteiger partial charge in [-0.3, -0.25) is 10.1 Å². The Hall–Kier alpha value is -3.43. The smallest absolute Gasteiger partial charge is 0.338 e. The second-order valence-electron chi connectivity index (χ2n) is 6.72. The van der Waals surface area contributed by atoms with Gasteiger partial charge in [0, 0.05) is 30.3 Å². The van der Waals surface area contributed by atoms with Gasteiger partial charge in [-0.25, -0.2) is 9.78 Å². The van der Waals surface area contributed by atoms with Crippen molar-refractivity contribution in [3.63, 3.8) is 0 Å². The quantitative estimate of drug-likeness (QED) is 0.439. The largest absolute Gasteiger partial charge is 0.488 e. The van der Waals surface area contributed by atoms with Crippen LogP contribution in [0.15, 0.2) is 54.0 Å². The summed E-state index contributed by atoms with van der Waals surface area (Å²) >= 11 is 1.32. The lowest BCUT2D eigenvalue weighted by Crippen LogP contribution is -2.18. The topological polar surface area (TPSA) is 96.0 Å². The molecule has 3 aromatic rings. The van der Waals surface area contributed by atoms with Crippen LogP contribution in [0.2, 0.25) is 0 Å². The van der Waals surface area contributed by atoms with Crippen molar-refractivity contribution in [2.24, 2.45) is 0 Å². The van der Waals surface area contributed by atoms with Crippen molar-refractivity contribution in [3.8, 4) is 17.2 Å². The maximum Gasteiger partial charge on any atom is 0.338 e. The molecule has 9 heteroatoms. The van der Waals surface area contributed by atoms with E-state index in [4.69, 9.17) is 18.9 Å². The molecule has 2 aromatic carbocycles. The normalized spacial score (nSPS) is 11.5. The van der Waals surface area contributed by atoms with Gasteiger partial charge in [-0.1, -0.05) is 6.07 Å². The summed E-state index contributed by atoms with van der Waals surface area (Å²) in [6.07, 6.45) is 1.37. The van der Waals surface area contributed by atoms with Crippen molar-refractivity contribution in [2.75, 3.05) is 25.6 Å². The molecule has 3 rings (SSSR count). The van der Waals surface area contributed by atoms with Crippen LogP contribution in [-0.4, -0.2) is 43.3 Å². The third-order valence-electron chi connectivity index (χ3n) is 4.11. The van der Waals surface area contributed by atoms with Crippen LogP contribution in [0.3, 0.4) is 0 Å². The number of thiazole rings is 1. The van der Waals surface area contributed by atoms with Gasteiger partial charge in [-0.15, -0.1) is 11.3 Å². The van der Waals surface area contributed by atoms with Crippen molar-refractivity contribution in [1.82, 2.24) is 4.98 Å². The van der Waals surface area contributed by atoms with E-state index in [0.717, 1.165) is 0 Å². The van der Waals surface area contributed by atoms with Gasteiger partial charge in [0.15, 0.2) is 5.13 Å². The standard InChI is InChI=1S/C23H24N2O6S/c1-4-29-22(27)16-6-5-7-18(10-16)31-20-12-17(21(26)25-23-24-8-9-32-23)11-19(13-20)30-15(2)14-28-3/h5-13,15H,4,14H2,1-3H3,(H,24,25,26). The van der Waals surface area contributed by atoms with Crippen LogP contribution in [0, 0.1) is 0 Å². The van der Waals surface area contributed by atoms with Crippen molar-refractivity contribution >= 4 is 28.3 Å². The molecule has 0 radical (unpaired) electrons. The molecule has 168 valence electrons. The predicted octanol–water partition coefficient (Wildman–Crippen LogP) is 4.78. The van der Waals surface area contributed by atoms with Gasteiger partial charge in [-0.2, -0.15) is 0 Å². The Labute approximate surface area is 190 Å². The van der Waals surface area contributed by atoms with Crippen molar-refractivity contribution in [1.29, 1.82) is 0 Å². The highest BCUT2D eigenvalue weighted by Gasteiger charge is 2.15. The van der Waals surface area contributed by atoms with E-state index in [0.29, 0.717) is 40.1 Å². The highest BCUT2D eigenvalue weighted by molar-refractivity contribution is 7.13. The van der Waals surface area contributed by atoms with E-state index in [1.165, 1.54) is 11.3 Å². The Kier molecular flexibility index (Phi) is 8.18. The summed E-state index contributed by atoms with van der Waals surface area (Å²) < 4.78 is 22.0. The number of carbonyl (C=O) groups is 2. The van der Waals surface area contributed by atoms with Gasteiger partial charge in [0.1, 0.15) is 23.4 Å². The summed E-state index contributed by atoms with van der Waals surface area (Å²) in [5.74, 6) is 0.445. The Morgan fingerprint density at radius 2 is 1.88 bits per heavy atom. The molecule has 1 atom stereocenters. The van der Waals surface area contributed by atoms with Crippen molar-refractivity contribution < 1.29 is 28.5 Å². The molecule has 0 saturated heterocycles. The number of benzene rings is 2. The van der Waals surface area contributed by atoms with E-state index in [1.54, 1.807) is 68.1 Å². The van der Waals surface area contributed by atoms with Crippen LogP contribution in [0.4, 0.5) is 5.13 Å². The summed E-state index contributed by atoms with van der Waals surface area (Å²) in [5.41, 5.74) is 0.700. The number of rotatable bonds is 10. The van der Waals surface area contributed by atoms with Gasteiger partial charge in [0.25, 0.3) is 5.91 Å². The van der Waals surface area contributed by atoms with E-state index in [2.05, 4.69) is 10.3 Å². The molecule has 0 saturated carbocycles. The minimum absolute atomic E-state index is 0.239. The molecule has 1 unspecified atom stereocenters. The molecule has 0 aliphatic rings. The van der Waals surface area contributed by atoms with Crippen LogP contribution in [0.25, 0.3) is 0 Å². The number of methoxy groups -OCH3 is 1. The van der Waals surface area contributed by atoms with Crippen LogP contribution in [0.5, 0.6) is 17.2 Å². The zero-order chi connectivity index (χ0) is 22.9. The summed E-state index contributed by atoms with van der Waals surface area (Å²) in [6.45, 7) is 4.26. The Morgan fingerprint density at radius 3 is 2.59 bits per heavy atom. The van der Waals surface area contributed by atoms with Gasteiger partial charge >= 0.3 is 5.97 Å². The third-order valence-corrected chi connectivity index (χ3v) is 4.80. The number of anilines is 1. The Bertz CT molecular complexity index is 1050. The van der Waals surface area contributed by atoms with Crippen LogP contribution in [0.1, 0.15) is 34.6 Å². The summed E-state index contributed by atoms with van der Waals surface area (Å²) in [7, 11) is 1.59. The van der Waals surface area contributed by atoms with Gasteiger partial charge in [0.05, 0.1) is 18.8 Å². The lowest BCUT2D eigenvalue weighted by Gasteiger charge is -2.16. The second-order valence-corrected chi connectivity index (χ2v) is 7.61. The monoisotopic (exact) mass is 456 g/mol. The molecule has 1 heterocycles. The molecular formula is C23H24N2O6S. The first-order valence-corrected chi connectivity index (χ1v) is 10.8. The molecule has 0 bridgehead atoms. The number of carbonyl (C=O) groups excluding carboxylic acids is 2. The maximum absolute atomic E-state index is 12.8. The summed E-state index contributed by atoms with van der Waals surface area (Å²) in [4.78, 5) is 28.8. The van der Waals surface area contributed by atoms with Gasteiger partial charge in [0.2, 0.25) is 0 Å². The number of ether oxygens (including phenoxy) is 4. The second kappa shape index (κ2) is 11.3. The number of esters is 1. The average molecular weight is 457 g/mol. The van der Waals surface area contributed by atoms with E-state index in [9.17, 15) is 9.59 Å². The van der Waals surface area contributed by atoms with Gasteiger partial charge < -0.3 is 18.9 Å². The number of aromatic nitrogens is 1. The Morgan fingerprint density at radius 1 is 1.09 bits per heavy atom. The summed E-state index contributed by atoms with van der Waals surface area (Å²) in [5, 5.41) is 5.00. The van der Waals surface area contributed by atoms with Crippen LogP contribution in [-0.2, 0) is 9.47 Å². The number of hydrogen-bond acceptors (Lipinski definition) is 8. The molecule has 32 heavy (non-hydrogen) atoms. The predicted molar refractivity (Wildman–Crippen MR) is 121 cm³/mol. The minimum Gasteiger partial charge on any atom is -0.488 e. The molecule has 0 fully saturated rings. The number of hydrogen-bond donors (Lipinski definition) is 1. The fourth-order valence-corrected chi connectivity index (χ4v) is 3.35. The van der Waals surface area contributed by atoms with Crippen molar-refractivity contribution in [3.05, 3.63) is 65.2 Å². The van der Waals surface area contributed by atoms with E-state index >= 15 is 0 Å². The van der Waals surface area contributed by atoms with E-state index in [1.807, 2.05) is 6.92 Å². The molecule has 1 N–H and O–H groups in total. The van der Waals surface area contributed by atoms with Gasteiger partial charge in [-0.05, 0) is 44.2 Å².